The van der Waals surface area contributed by atoms with Crippen molar-refractivity contribution < 1.29 is 9.90 Å². The van der Waals surface area contributed by atoms with Crippen molar-refractivity contribution in [2.75, 3.05) is 20.1 Å². The summed E-state index contributed by atoms with van der Waals surface area (Å²) in [5.41, 5.74) is 0. The maximum absolute atomic E-state index is 11.8. The zero-order chi connectivity index (χ0) is 15.1. The number of amides is 2. The SMILES string of the molecule is Cc1nccn1CC(C)CNC(=O)N(C)CCC(C)O. The van der Waals surface area contributed by atoms with Gasteiger partial charge in [0, 0.05) is 39.1 Å². The van der Waals surface area contributed by atoms with Gasteiger partial charge in [-0.25, -0.2) is 9.78 Å². The fourth-order valence-corrected chi connectivity index (χ4v) is 1.88. The summed E-state index contributed by atoms with van der Waals surface area (Å²) in [6, 6.07) is -0.0974. The van der Waals surface area contributed by atoms with Crippen molar-refractivity contribution in [1.82, 2.24) is 19.8 Å². The van der Waals surface area contributed by atoms with Gasteiger partial charge in [0.25, 0.3) is 0 Å². The second-order valence-electron chi connectivity index (χ2n) is 5.48. The van der Waals surface area contributed by atoms with Gasteiger partial charge in [0.05, 0.1) is 6.10 Å². The van der Waals surface area contributed by atoms with E-state index in [4.69, 9.17) is 0 Å². The number of carbonyl (C=O) groups excluding carboxylic acids is 1. The molecule has 6 nitrogen and oxygen atoms in total. The Hall–Kier alpha value is -1.56. The van der Waals surface area contributed by atoms with Crippen molar-refractivity contribution in [3.8, 4) is 0 Å². The average molecular weight is 282 g/mol. The molecule has 0 aliphatic heterocycles. The third-order valence-electron chi connectivity index (χ3n) is 3.26. The third kappa shape index (κ3) is 5.61. The Morgan fingerprint density at radius 3 is 2.80 bits per heavy atom. The number of carbonyl (C=O) groups is 1. The van der Waals surface area contributed by atoms with Crippen LogP contribution in [0.15, 0.2) is 12.4 Å². The van der Waals surface area contributed by atoms with E-state index in [9.17, 15) is 9.90 Å². The molecule has 0 fully saturated rings. The molecule has 2 atom stereocenters. The Morgan fingerprint density at radius 2 is 2.25 bits per heavy atom. The first-order chi connectivity index (χ1) is 9.40. The summed E-state index contributed by atoms with van der Waals surface area (Å²) in [6.45, 7) is 7.80. The lowest BCUT2D eigenvalue weighted by atomic mass is 10.2. The monoisotopic (exact) mass is 282 g/mol. The summed E-state index contributed by atoms with van der Waals surface area (Å²) in [5.74, 6) is 1.31. The standard InChI is InChI=1S/C14H26N4O2/c1-11(10-18-8-6-15-13(18)3)9-16-14(20)17(4)7-5-12(2)19/h6,8,11-12,19H,5,7,9-10H2,1-4H3,(H,16,20). The molecule has 20 heavy (non-hydrogen) atoms. The molecule has 1 aromatic rings. The summed E-state index contributed by atoms with van der Waals surface area (Å²) in [7, 11) is 1.74. The van der Waals surface area contributed by atoms with Crippen molar-refractivity contribution in [3.63, 3.8) is 0 Å². The Bertz CT molecular complexity index is 417. The first-order valence-corrected chi connectivity index (χ1v) is 7.05. The number of hydrogen-bond donors (Lipinski definition) is 2. The number of aliphatic hydroxyl groups is 1. The van der Waals surface area contributed by atoms with Gasteiger partial charge in [-0.2, -0.15) is 0 Å². The molecule has 1 rings (SSSR count). The smallest absolute Gasteiger partial charge is 0.317 e. The van der Waals surface area contributed by atoms with E-state index in [1.807, 2.05) is 13.1 Å². The molecule has 0 saturated heterocycles. The number of nitrogens with one attached hydrogen (secondary N) is 1. The van der Waals surface area contributed by atoms with Gasteiger partial charge in [-0.05, 0) is 26.2 Å². The molecule has 6 heteroatoms. The van der Waals surface area contributed by atoms with E-state index in [-0.39, 0.29) is 12.1 Å². The molecule has 0 radical (unpaired) electrons. The minimum Gasteiger partial charge on any atom is -0.393 e. The van der Waals surface area contributed by atoms with E-state index in [1.165, 1.54) is 0 Å². The largest absolute Gasteiger partial charge is 0.393 e. The molecule has 2 unspecified atom stereocenters. The van der Waals surface area contributed by atoms with Crippen LogP contribution in [0.3, 0.4) is 0 Å². The van der Waals surface area contributed by atoms with Gasteiger partial charge >= 0.3 is 6.03 Å². The highest BCUT2D eigenvalue weighted by Gasteiger charge is 2.11. The lowest BCUT2D eigenvalue weighted by molar-refractivity contribution is 0.163. The highest BCUT2D eigenvalue weighted by atomic mass is 16.3. The first-order valence-electron chi connectivity index (χ1n) is 7.05. The predicted molar refractivity (Wildman–Crippen MR) is 78.5 cm³/mol. The van der Waals surface area contributed by atoms with Crippen LogP contribution in [0.1, 0.15) is 26.1 Å². The highest BCUT2D eigenvalue weighted by Crippen LogP contribution is 2.03. The molecule has 2 amide bonds. The molecule has 1 heterocycles. The van der Waals surface area contributed by atoms with Gasteiger partial charge in [-0.15, -0.1) is 0 Å². The number of aliphatic hydroxyl groups excluding tert-OH is 1. The summed E-state index contributed by atoms with van der Waals surface area (Å²) in [6.07, 6.45) is 3.94. The van der Waals surface area contributed by atoms with Crippen LogP contribution in [-0.2, 0) is 6.54 Å². The number of nitrogens with zero attached hydrogens (tertiary/aromatic N) is 3. The normalized spacial score (nSPS) is 13.8. The number of hydrogen-bond acceptors (Lipinski definition) is 3. The number of aryl methyl sites for hydroxylation is 1. The van der Waals surface area contributed by atoms with Crippen LogP contribution in [0.2, 0.25) is 0 Å². The second kappa shape index (κ2) is 7.89. The van der Waals surface area contributed by atoms with Gasteiger partial charge in [-0.3, -0.25) is 0 Å². The molecule has 114 valence electrons. The average Bonchev–Trinajstić information content (AvgIpc) is 2.78. The maximum Gasteiger partial charge on any atom is 0.317 e. The van der Waals surface area contributed by atoms with E-state index in [0.29, 0.717) is 25.4 Å². The van der Waals surface area contributed by atoms with Crippen LogP contribution in [0.25, 0.3) is 0 Å². The minimum atomic E-state index is -0.381. The van der Waals surface area contributed by atoms with Crippen molar-refractivity contribution in [2.24, 2.45) is 5.92 Å². The van der Waals surface area contributed by atoms with Crippen LogP contribution in [0.4, 0.5) is 4.79 Å². The van der Waals surface area contributed by atoms with E-state index >= 15 is 0 Å². The Balaban J connectivity index is 2.28. The van der Waals surface area contributed by atoms with Crippen molar-refractivity contribution in [1.29, 1.82) is 0 Å². The Morgan fingerprint density at radius 1 is 1.55 bits per heavy atom. The quantitative estimate of drug-likeness (QED) is 0.790. The molecule has 1 aromatic heterocycles. The summed E-state index contributed by atoms with van der Waals surface area (Å²) in [5, 5.41) is 12.1. The van der Waals surface area contributed by atoms with Gasteiger partial charge < -0.3 is 19.9 Å². The molecule has 0 bridgehead atoms. The Kier molecular flexibility index (Phi) is 6.51. The van der Waals surface area contributed by atoms with E-state index in [0.717, 1.165) is 12.4 Å². The van der Waals surface area contributed by atoms with E-state index in [1.54, 1.807) is 25.1 Å². The number of urea groups is 1. The molecule has 0 aromatic carbocycles. The Labute approximate surface area is 120 Å². The lowest BCUT2D eigenvalue weighted by Gasteiger charge is -2.20. The van der Waals surface area contributed by atoms with Gasteiger partial charge in [-0.1, -0.05) is 6.92 Å². The topological polar surface area (TPSA) is 70.4 Å². The van der Waals surface area contributed by atoms with Crippen LogP contribution >= 0.6 is 0 Å². The summed E-state index contributed by atoms with van der Waals surface area (Å²) in [4.78, 5) is 17.6. The molecular weight excluding hydrogens is 256 g/mol. The molecule has 0 saturated carbocycles. The zero-order valence-electron chi connectivity index (χ0n) is 12.8. The van der Waals surface area contributed by atoms with Crippen molar-refractivity contribution in [2.45, 2.75) is 39.8 Å². The van der Waals surface area contributed by atoms with E-state index in [2.05, 4.69) is 21.8 Å². The molecular formula is C14H26N4O2. The first kappa shape index (κ1) is 16.5. The van der Waals surface area contributed by atoms with Gasteiger partial charge in [0.2, 0.25) is 0 Å². The summed E-state index contributed by atoms with van der Waals surface area (Å²) >= 11 is 0. The number of aromatic nitrogens is 2. The molecule has 0 aliphatic rings. The minimum absolute atomic E-state index is 0.0974. The van der Waals surface area contributed by atoms with Gasteiger partial charge in [0.1, 0.15) is 5.82 Å². The third-order valence-corrected chi connectivity index (χ3v) is 3.26. The lowest BCUT2D eigenvalue weighted by Crippen LogP contribution is -2.40. The molecule has 2 N–H and O–H groups in total. The maximum atomic E-state index is 11.8. The van der Waals surface area contributed by atoms with Gasteiger partial charge in [0.15, 0.2) is 0 Å². The number of imidazole rings is 1. The van der Waals surface area contributed by atoms with Crippen LogP contribution < -0.4 is 5.32 Å². The van der Waals surface area contributed by atoms with E-state index < -0.39 is 0 Å². The number of rotatable bonds is 7. The van der Waals surface area contributed by atoms with Crippen molar-refractivity contribution in [3.05, 3.63) is 18.2 Å². The van der Waals surface area contributed by atoms with Crippen LogP contribution in [0, 0.1) is 12.8 Å². The second-order valence-corrected chi connectivity index (χ2v) is 5.48. The molecule has 0 spiro atoms. The summed E-state index contributed by atoms with van der Waals surface area (Å²) < 4.78 is 2.08. The highest BCUT2D eigenvalue weighted by molar-refractivity contribution is 5.73. The van der Waals surface area contributed by atoms with Crippen LogP contribution in [0.5, 0.6) is 0 Å². The molecule has 0 aliphatic carbocycles. The fourth-order valence-electron chi connectivity index (χ4n) is 1.88. The van der Waals surface area contributed by atoms with Crippen molar-refractivity contribution >= 4 is 6.03 Å². The predicted octanol–water partition coefficient (Wildman–Crippen LogP) is 1.24. The van der Waals surface area contributed by atoms with Crippen LogP contribution in [-0.4, -0.2) is 51.8 Å². The fraction of sp³-hybridized carbons (Fsp3) is 0.714. The zero-order valence-corrected chi connectivity index (χ0v) is 12.8.